The molecule has 3 fully saturated rings. The molecule has 50 valence electrons. The van der Waals surface area contributed by atoms with Crippen molar-refractivity contribution < 1.29 is 0 Å². The molecule has 0 amide bonds. The summed E-state index contributed by atoms with van der Waals surface area (Å²) in [6, 6.07) is 0. The second-order valence-electron chi connectivity index (χ2n) is 4.30. The zero-order chi connectivity index (χ0) is 5.90. The van der Waals surface area contributed by atoms with Crippen LogP contribution in [0.4, 0.5) is 0 Å². The number of hydrogen-bond acceptors (Lipinski definition) is 0. The van der Waals surface area contributed by atoms with E-state index in [1.807, 2.05) is 0 Å². The summed E-state index contributed by atoms with van der Waals surface area (Å²) in [6.45, 7) is 0. The average molecular weight is 122 g/mol. The third-order valence-corrected chi connectivity index (χ3v) is 4.16. The van der Waals surface area contributed by atoms with Gasteiger partial charge in [0.25, 0.3) is 0 Å². The van der Waals surface area contributed by atoms with E-state index >= 15 is 0 Å². The Balaban J connectivity index is 1.78. The maximum Gasteiger partial charge on any atom is -0.0238 e. The van der Waals surface area contributed by atoms with Gasteiger partial charge in [0.15, 0.2) is 0 Å². The Morgan fingerprint density at radius 2 is 1.89 bits per heavy atom. The average Bonchev–Trinajstić information content (AvgIpc) is 2.11. The summed E-state index contributed by atoms with van der Waals surface area (Å²) in [5.74, 6) is 2.43. The smallest absolute Gasteiger partial charge is 0.0238 e. The summed E-state index contributed by atoms with van der Waals surface area (Å²) in [5, 5.41) is 0. The van der Waals surface area contributed by atoms with Crippen LogP contribution in [0.1, 0.15) is 38.5 Å². The van der Waals surface area contributed by atoms with E-state index in [9.17, 15) is 0 Å². The second-order valence-corrected chi connectivity index (χ2v) is 4.30. The first-order valence-electron chi connectivity index (χ1n) is 4.42. The molecule has 0 N–H and O–H groups in total. The summed E-state index contributed by atoms with van der Waals surface area (Å²) in [6.07, 6.45) is 9.50. The predicted molar refractivity (Wildman–Crippen MR) is 37.1 cm³/mol. The molecule has 2 atom stereocenters. The van der Waals surface area contributed by atoms with Crippen molar-refractivity contribution in [2.75, 3.05) is 0 Å². The Bertz CT molecular complexity index is 142. The fourth-order valence-corrected chi connectivity index (χ4v) is 3.01. The maximum absolute atomic E-state index is 1.62. The highest BCUT2D eigenvalue weighted by molar-refractivity contribution is 5.14. The van der Waals surface area contributed by atoms with Crippen LogP contribution in [-0.2, 0) is 0 Å². The molecule has 0 heterocycles. The molecule has 0 nitrogen and oxygen atoms in total. The lowest BCUT2D eigenvalue weighted by Crippen LogP contribution is -2.29. The summed E-state index contributed by atoms with van der Waals surface area (Å²) in [7, 11) is 0. The Hall–Kier alpha value is 0. The molecule has 0 bridgehead atoms. The van der Waals surface area contributed by atoms with Crippen molar-refractivity contribution in [3.05, 3.63) is 0 Å². The van der Waals surface area contributed by atoms with E-state index in [0.717, 1.165) is 5.41 Å². The predicted octanol–water partition coefficient (Wildman–Crippen LogP) is 2.59. The van der Waals surface area contributed by atoms with Crippen molar-refractivity contribution in [2.45, 2.75) is 38.5 Å². The van der Waals surface area contributed by atoms with Gasteiger partial charge < -0.3 is 0 Å². The first kappa shape index (κ1) is 4.76. The van der Waals surface area contributed by atoms with E-state index < -0.39 is 0 Å². The fourth-order valence-electron chi connectivity index (χ4n) is 3.01. The van der Waals surface area contributed by atoms with Crippen molar-refractivity contribution in [1.82, 2.24) is 0 Å². The van der Waals surface area contributed by atoms with E-state index in [-0.39, 0.29) is 0 Å². The van der Waals surface area contributed by atoms with E-state index in [0.29, 0.717) is 0 Å². The third-order valence-electron chi connectivity index (χ3n) is 4.16. The largest absolute Gasteiger partial charge is 0.0527 e. The highest BCUT2D eigenvalue weighted by Crippen LogP contribution is 2.74. The number of hydrogen-bond donors (Lipinski definition) is 0. The standard InChI is InChI=1S/C9H14/c1-2-7(3-1)9-5-4-8(9)6-9/h7-8H,1-6H2. The van der Waals surface area contributed by atoms with Crippen LogP contribution in [0, 0.1) is 17.3 Å². The lowest BCUT2D eigenvalue weighted by Gasteiger charge is -2.39. The van der Waals surface area contributed by atoms with Crippen LogP contribution in [0.3, 0.4) is 0 Å². The quantitative estimate of drug-likeness (QED) is 0.501. The fraction of sp³-hybridized carbons (Fsp3) is 1.00. The van der Waals surface area contributed by atoms with E-state index in [2.05, 4.69) is 0 Å². The second kappa shape index (κ2) is 1.21. The van der Waals surface area contributed by atoms with Gasteiger partial charge in [-0.15, -0.1) is 0 Å². The molecule has 3 aliphatic rings. The Morgan fingerprint density at radius 3 is 2.00 bits per heavy atom. The lowest BCUT2D eigenvalue weighted by atomic mass is 9.66. The normalized spacial score (nSPS) is 55.3. The zero-order valence-electron chi connectivity index (χ0n) is 5.90. The lowest BCUT2D eigenvalue weighted by molar-refractivity contribution is 0.108. The van der Waals surface area contributed by atoms with Crippen molar-refractivity contribution >= 4 is 0 Å². The van der Waals surface area contributed by atoms with Crippen LogP contribution >= 0.6 is 0 Å². The third kappa shape index (κ3) is 0.395. The van der Waals surface area contributed by atoms with E-state index in [1.165, 1.54) is 11.8 Å². The van der Waals surface area contributed by atoms with Gasteiger partial charge in [-0.1, -0.05) is 6.42 Å². The SMILES string of the molecule is C1CC(C23CCC2C3)C1. The van der Waals surface area contributed by atoms with Gasteiger partial charge >= 0.3 is 0 Å². The van der Waals surface area contributed by atoms with Crippen LogP contribution in [0.15, 0.2) is 0 Å². The van der Waals surface area contributed by atoms with Gasteiger partial charge in [-0.05, 0) is 49.4 Å². The van der Waals surface area contributed by atoms with Crippen LogP contribution < -0.4 is 0 Å². The summed E-state index contributed by atoms with van der Waals surface area (Å²) in [4.78, 5) is 0. The molecule has 9 heavy (non-hydrogen) atoms. The van der Waals surface area contributed by atoms with Crippen molar-refractivity contribution in [3.63, 3.8) is 0 Å². The summed E-state index contributed by atoms with van der Waals surface area (Å²) in [5.41, 5.74) is 0.984. The highest BCUT2D eigenvalue weighted by atomic mass is 14.7. The maximum atomic E-state index is 1.62. The van der Waals surface area contributed by atoms with E-state index in [1.54, 1.807) is 38.5 Å². The van der Waals surface area contributed by atoms with Crippen LogP contribution in [0.25, 0.3) is 0 Å². The van der Waals surface area contributed by atoms with Gasteiger partial charge in [0, 0.05) is 0 Å². The molecule has 0 aliphatic heterocycles. The Morgan fingerprint density at radius 1 is 1.00 bits per heavy atom. The molecule has 3 saturated carbocycles. The molecule has 2 unspecified atom stereocenters. The van der Waals surface area contributed by atoms with Crippen molar-refractivity contribution in [2.24, 2.45) is 17.3 Å². The molecule has 0 saturated heterocycles. The molecular weight excluding hydrogens is 108 g/mol. The first-order valence-corrected chi connectivity index (χ1v) is 4.42. The van der Waals surface area contributed by atoms with Crippen LogP contribution in [0.2, 0.25) is 0 Å². The molecule has 0 radical (unpaired) electrons. The molecule has 3 aliphatic carbocycles. The van der Waals surface area contributed by atoms with Gasteiger partial charge in [0.05, 0.1) is 0 Å². The zero-order valence-corrected chi connectivity index (χ0v) is 5.90. The van der Waals surface area contributed by atoms with Gasteiger partial charge in [0.1, 0.15) is 0 Å². The van der Waals surface area contributed by atoms with Gasteiger partial charge in [-0.3, -0.25) is 0 Å². The molecule has 0 aromatic rings. The Labute approximate surface area is 56.6 Å². The van der Waals surface area contributed by atoms with Crippen LogP contribution in [0.5, 0.6) is 0 Å². The van der Waals surface area contributed by atoms with Gasteiger partial charge in [0.2, 0.25) is 0 Å². The van der Waals surface area contributed by atoms with E-state index in [4.69, 9.17) is 0 Å². The summed E-state index contributed by atoms with van der Waals surface area (Å²) >= 11 is 0. The van der Waals surface area contributed by atoms with Crippen molar-refractivity contribution in [3.8, 4) is 0 Å². The monoisotopic (exact) mass is 122 g/mol. The topological polar surface area (TPSA) is 0 Å². The minimum absolute atomic E-state index is 0.984. The molecule has 0 spiro atoms. The van der Waals surface area contributed by atoms with Crippen molar-refractivity contribution in [1.29, 1.82) is 0 Å². The van der Waals surface area contributed by atoms with Gasteiger partial charge in [-0.2, -0.15) is 0 Å². The highest BCUT2D eigenvalue weighted by Gasteiger charge is 2.65. The molecule has 0 aromatic heterocycles. The molecule has 0 heteroatoms. The first-order chi connectivity index (χ1) is 4.42. The minimum Gasteiger partial charge on any atom is -0.0527 e. The van der Waals surface area contributed by atoms with Gasteiger partial charge in [-0.25, -0.2) is 0 Å². The number of rotatable bonds is 1. The Kier molecular flexibility index (Phi) is 0.640. The summed E-state index contributed by atoms with van der Waals surface area (Å²) < 4.78 is 0. The number of fused-ring (bicyclic) bond motifs is 1. The van der Waals surface area contributed by atoms with Crippen LogP contribution in [-0.4, -0.2) is 0 Å². The molecular formula is C9H14. The minimum atomic E-state index is 0.984. The molecule has 3 rings (SSSR count). The molecule has 0 aromatic carbocycles.